The molecule has 1 aromatic rings. The van der Waals surface area contributed by atoms with Gasteiger partial charge in [0.25, 0.3) is 5.69 Å². The molecule has 4 nitrogen and oxygen atoms in total. The van der Waals surface area contributed by atoms with Crippen molar-refractivity contribution in [3.8, 4) is 5.75 Å². The quantitative estimate of drug-likeness (QED) is 0.484. The number of hydrogen-bond acceptors (Lipinski definition) is 3. The molecule has 0 aliphatic heterocycles. The summed E-state index contributed by atoms with van der Waals surface area (Å²) in [4.78, 5) is 10.4. The standard InChI is InChI=1S/C11H12BrNO3/c1-7-2-5-9(6-10(7)13(14)15)16-11(12)8-3-4-8/h2,5-6,8,11H,3-4H2,1H3. The Balaban J connectivity index is 2.15. The van der Waals surface area contributed by atoms with Crippen molar-refractivity contribution in [2.45, 2.75) is 24.8 Å². The van der Waals surface area contributed by atoms with E-state index >= 15 is 0 Å². The van der Waals surface area contributed by atoms with Crippen molar-refractivity contribution in [3.05, 3.63) is 33.9 Å². The van der Waals surface area contributed by atoms with Crippen molar-refractivity contribution in [2.75, 3.05) is 0 Å². The van der Waals surface area contributed by atoms with Crippen molar-refractivity contribution >= 4 is 21.6 Å². The van der Waals surface area contributed by atoms with E-state index in [1.54, 1.807) is 19.1 Å². The molecular formula is C11H12BrNO3. The lowest BCUT2D eigenvalue weighted by Crippen LogP contribution is -2.10. The first-order valence-corrected chi connectivity index (χ1v) is 6.05. The second kappa shape index (κ2) is 4.41. The van der Waals surface area contributed by atoms with Crippen LogP contribution in [0.3, 0.4) is 0 Å². The molecule has 1 saturated carbocycles. The maximum absolute atomic E-state index is 10.7. The number of nitro groups is 1. The number of hydrogen-bond donors (Lipinski definition) is 0. The zero-order chi connectivity index (χ0) is 11.7. The summed E-state index contributed by atoms with van der Waals surface area (Å²) in [5.41, 5.74) is 0.753. The van der Waals surface area contributed by atoms with Gasteiger partial charge >= 0.3 is 0 Å². The lowest BCUT2D eigenvalue weighted by molar-refractivity contribution is -0.385. The van der Waals surface area contributed by atoms with Crippen molar-refractivity contribution < 1.29 is 9.66 Å². The van der Waals surface area contributed by atoms with Crippen LogP contribution in [0.1, 0.15) is 18.4 Å². The molecule has 0 spiro atoms. The van der Waals surface area contributed by atoms with Crippen LogP contribution in [0.15, 0.2) is 18.2 Å². The fourth-order valence-electron chi connectivity index (χ4n) is 1.44. The second-order valence-corrected chi connectivity index (χ2v) is 4.91. The first-order chi connectivity index (χ1) is 7.58. The fraction of sp³-hybridized carbons (Fsp3) is 0.455. The lowest BCUT2D eigenvalue weighted by atomic mass is 10.2. The maximum atomic E-state index is 10.7. The summed E-state index contributed by atoms with van der Waals surface area (Å²) in [5.74, 6) is 1.09. The minimum absolute atomic E-state index is 0.0326. The summed E-state index contributed by atoms with van der Waals surface area (Å²) in [6.07, 6.45) is 2.31. The molecule has 1 atom stereocenters. The zero-order valence-corrected chi connectivity index (χ0v) is 10.4. The molecule has 0 saturated heterocycles. The van der Waals surface area contributed by atoms with E-state index in [4.69, 9.17) is 4.74 Å². The minimum atomic E-state index is -0.386. The van der Waals surface area contributed by atoms with Crippen molar-refractivity contribution in [2.24, 2.45) is 5.92 Å². The molecule has 86 valence electrons. The van der Waals surface area contributed by atoms with E-state index < -0.39 is 0 Å². The summed E-state index contributed by atoms with van der Waals surface area (Å²) in [5, 5.41) is 10.7. The Morgan fingerprint density at radius 2 is 2.25 bits per heavy atom. The molecule has 0 amide bonds. The second-order valence-electron chi connectivity index (χ2n) is 4.01. The van der Waals surface area contributed by atoms with Gasteiger partial charge in [0.05, 0.1) is 11.0 Å². The molecule has 1 aliphatic rings. The highest BCUT2D eigenvalue weighted by atomic mass is 79.9. The molecule has 1 unspecified atom stereocenters. The summed E-state index contributed by atoms with van der Waals surface area (Å²) in [7, 11) is 0. The average molecular weight is 286 g/mol. The number of halogens is 1. The Labute approximate surface area is 102 Å². The predicted octanol–water partition coefficient (Wildman–Crippen LogP) is 3.41. The number of rotatable bonds is 4. The first kappa shape index (κ1) is 11.4. The monoisotopic (exact) mass is 285 g/mol. The number of aryl methyl sites for hydroxylation is 1. The van der Waals surface area contributed by atoms with Gasteiger partial charge in [0.15, 0.2) is 5.01 Å². The molecule has 0 bridgehead atoms. The van der Waals surface area contributed by atoms with Crippen LogP contribution in [0, 0.1) is 23.0 Å². The van der Waals surface area contributed by atoms with E-state index in [9.17, 15) is 10.1 Å². The predicted molar refractivity (Wildman–Crippen MR) is 63.9 cm³/mol. The molecule has 16 heavy (non-hydrogen) atoms. The van der Waals surface area contributed by atoms with Gasteiger partial charge < -0.3 is 4.74 Å². The third kappa shape index (κ3) is 2.52. The van der Waals surface area contributed by atoms with Crippen LogP contribution < -0.4 is 4.74 Å². The zero-order valence-electron chi connectivity index (χ0n) is 8.85. The highest BCUT2D eigenvalue weighted by Gasteiger charge is 2.31. The molecule has 2 rings (SSSR count). The topological polar surface area (TPSA) is 52.4 Å². The van der Waals surface area contributed by atoms with E-state index in [1.165, 1.54) is 6.07 Å². The lowest BCUT2D eigenvalue weighted by Gasteiger charge is -2.12. The first-order valence-electron chi connectivity index (χ1n) is 5.13. The van der Waals surface area contributed by atoms with Gasteiger partial charge in [0.1, 0.15) is 5.75 Å². The van der Waals surface area contributed by atoms with E-state index in [2.05, 4.69) is 15.9 Å². The Hall–Kier alpha value is -1.10. The Bertz CT molecular complexity index is 418. The average Bonchev–Trinajstić information content (AvgIpc) is 3.03. The smallest absolute Gasteiger partial charge is 0.276 e. The van der Waals surface area contributed by atoms with Crippen molar-refractivity contribution in [1.82, 2.24) is 0 Å². The highest BCUT2D eigenvalue weighted by Crippen LogP contribution is 2.38. The summed E-state index contributed by atoms with van der Waals surface area (Å²) >= 11 is 3.43. The molecule has 1 aromatic carbocycles. The molecule has 0 aromatic heterocycles. The van der Waals surface area contributed by atoms with Crippen LogP contribution in [-0.2, 0) is 0 Å². The number of alkyl halides is 1. The van der Waals surface area contributed by atoms with Gasteiger partial charge in [-0.2, -0.15) is 0 Å². The SMILES string of the molecule is Cc1ccc(OC(Br)C2CC2)cc1[N+](=O)[O-]. The molecule has 0 heterocycles. The van der Waals surface area contributed by atoms with Crippen molar-refractivity contribution in [3.63, 3.8) is 0 Å². The van der Waals surface area contributed by atoms with E-state index in [0.29, 0.717) is 17.2 Å². The molecule has 1 fully saturated rings. The Morgan fingerprint density at radius 3 is 2.81 bits per heavy atom. The molecule has 0 radical (unpaired) electrons. The Morgan fingerprint density at radius 1 is 1.56 bits per heavy atom. The van der Waals surface area contributed by atoms with Gasteiger partial charge in [-0.25, -0.2) is 0 Å². The number of benzene rings is 1. The van der Waals surface area contributed by atoms with Gasteiger partial charge in [-0.15, -0.1) is 0 Å². The van der Waals surface area contributed by atoms with Crippen LogP contribution in [0.5, 0.6) is 5.75 Å². The summed E-state index contributed by atoms with van der Waals surface area (Å²) in [6.45, 7) is 1.72. The molecule has 0 N–H and O–H groups in total. The maximum Gasteiger partial charge on any atom is 0.276 e. The van der Waals surface area contributed by atoms with Crippen LogP contribution in [0.4, 0.5) is 5.69 Å². The van der Waals surface area contributed by atoms with Crippen LogP contribution in [0.2, 0.25) is 0 Å². The summed E-state index contributed by atoms with van der Waals surface area (Å²) < 4.78 is 5.60. The molecular weight excluding hydrogens is 274 g/mol. The van der Waals surface area contributed by atoms with Crippen LogP contribution in [-0.4, -0.2) is 9.94 Å². The van der Waals surface area contributed by atoms with Gasteiger partial charge in [-0.3, -0.25) is 10.1 Å². The molecule has 5 heteroatoms. The van der Waals surface area contributed by atoms with Gasteiger partial charge in [0, 0.05) is 11.5 Å². The largest absolute Gasteiger partial charge is 0.479 e. The number of nitro benzene ring substituents is 1. The third-order valence-electron chi connectivity index (χ3n) is 2.62. The molecule has 1 aliphatic carbocycles. The van der Waals surface area contributed by atoms with Crippen LogP contribution >= 0.6 is 15.9 Å². The van der Waals surface area contributed by atoms with Gasteiger partial charge in [-0.05, 0) is 47.8 Å². The third-order valence-corrected chi connectivity index (χ3v) is 3.55. The minimum Gasteiger partial charge on any atom is -0.479 e. The van der Waals surface area contributed by atoms with Gasteiger partial charge in [0.2, 0.25) is 0 Å². The number of ether oxygens (including phenoxy) is 1. The van der Waals surface area contributed by atoms with Crippen LogP contribution in [0.25, 0.3) is 0 Å². The summed E-state index contributed by atoms with van der Waals surface area (Å²) in [6, 6.07) is 4.95. The normalized spacial score (nSPS) is 16.9. The Kier molecular flexibility index (Phi) is 3.14. The van der Waals surface area contributed by atoms with E-state index in [-0.39, 0.29) is 15.6 Å². The van der Waals surface area contributed by atoms with Crippen molar-refractivity contribution in [1.29, 1.82) is 0 Å². The van der Waals surface area contributed by atoms with E-state index in [1.807, 2.05) is 0 Å². The van der Waals surface area contributed by atoms with Gasteiger partial charge in [-0.1, -0.05) is 0 Å². The highest BCUT2D eigenvalue weighted by molar-refractivity contribution is 9.09. The fourth-order valence-corrected chi connectivity index (χ4v) is 2.19. The van der Waals surface area contributed by atoms with E-state index in [0.717, 1.165) is 12.8 Å². The number of nitrogens with zero attached hydrogens (tertiary/aromatic N) is 1.